The minimum atomic E-state index is -0.955. The number of anilines is 1. The summed E-state index contributed by atoms with van der Waals surface area (Å²) in [6.07, 6.45) is 0. The van der Waals surface area contributed by atoms with E-state index in [0.717, 1.165) is 24.6 Å². The average molecular weight is 280 g/mol. The number of nitrogens with one attached hydrogen (secondary N) is 1. The highest BCUT2D eigenvalue weighted by atomic mass is 32.2. The number of carboxylic acids is 1. The molecule has 0 radical (unpaired) electrons. The van der Waals surface area contributed by atoms with Crippen molar-refractivity contribution in [2.24, 2.45) is 0 Å². The van der Waals surface area contributed by atoms with Gasteiger partial charge >= 0.3 is 12.0 Å². The highest BCUT2D eigenvalue weighted by Crippen LogP contribution is 2.17. The summed E-state index contributed by atoms with van der Waals surface area (Å²) >= 11 is 1.84. The maximum Gasteiger partial charge on any atom is 0.335 e. The van der Waals surface area contributed by atoms with Crippen molar-refractivity contribution in [3.8, 4) is 0 Å². The van der Waals surface area contributed by atoms with E-state index < -0.39 is 5.97 Å². The Labute approximate surface area is 116 Å². The third-order valence-corrected chi connectivity index (χ3v) is 3.95. The van der Waals surface area contributed by atoms with E-state index in [1.807, 2.05) is 11.8 Å². The Morgan fingerprint density at radius 1 is 1.32 bits per heavy atom. The number of hydrogen-bond acceptors (Lipinski definition) is 3. The number of urea groups is 1. The van der Waals surface area contributed by atoms with Crippen molar-refractivity contribution < 1.29 is 14.7 Å². The van der Waals surface area contributed by atoms with Crippen LogP contribution in [0, 0.1) is 6.92 Å². The molecule has 19 heavy (non-hydrogen) atoms. The second-order valence-corrected chi connectivity index (χ2v) is 5.59. The van der Waals surface area contributed by atoms with Crippen LogP contribution < -0.4 is 5.32 Å². The Morgan fingerprint density at radius 3 is 2.58 bits per heavy atom. The summed E-state index contributed by atoms with van der Waals surface area (Å²) in [6.45, 7) is 3.22. The number of carbonyl (C=O) groups is 2. The fourth-order valence-corrected chi connectivity index (χ4v) is 2.85. The molecule has 5 nitrogen and oxygen atoms in total. The molecular formula is C13H16N2O3S. The van der Waals surface area contributed by atoms with Crippen LogP contribution in [0.4, 0.5) is 10.5 Å². The third kappa shape index (κ3) is 3.41. The zero-order valence-electron chi connectivity index (χ0n) is 10.7. The fraction of sp³-hybridized carbons (Fsp3) is 0.385. The van der Waals surface area contributed by atoms with Gasteiger partial charge in [0, 0.05) is 30.3 Å². The molecule has 2 N–H and O–H groups in total. The van der Waals surface area contributed by atoms with Crippen LogP contribution in [0.25, 0.3) is 0 Å². The minimum Gasteiger partial charge on any atom is -0.478 e. The lowest BCUT2D eigenvalue weighted by atomic mass is 10.1. The van der Waals surface area contributed by atoms with Crippen LogP contribution in [0.2, 0.25) is 0 Å². The number of aryl methyl sites for hydroxylation is 1. The van der Waals surface area contributed by atoms with Crippen molar-refractivity contribution in [3.63, 3.8) is 0 Å². The van der Waals surface area contributed by atoms with E-state index in [1.165, 1.54) is 6.07 Å². The van der Waals surface area contributed by atoms with Gasteiger partial charge in [-0.25, -0.2) is 9.59 Å². The van der Waals surface area contributed by atoms with Crippen LogP contribution in [0.3, 0.4) is 0 Å². The number of aromatic carboxylic acids is 1. The molecule has 0 aromatic heterocycles. The normalized spacial score (nSPS) is 15.1. The van der Waals surface area contributed by atoms with Gasteiger partial charge in [-0.3, -0.25) is 0 Å². The summed E-state index contributed by atoms with van der Waals surface area (Å²) in [5.74, 6) is 0.970. The number of thioether (sulfide) groups is 1. The van der Waals surface area contributed by atoms with Gasteiger partial charge in [-0.2, -0.15) is 11.8 Å². The van der Waals surface area contributed by atoms with Gasteiger partial charge in [0.1, 0.15) is 0 Å². The summed E-state index contributed by atoms with van der Waals surface area (Å²) in [5.41, 5.74) is 1.53. The molecule has 0 unspecified atom stereocenters. The van der Waals surface area contributed by atoms with Gasteiger partial charge in [0.15, 0.2) is 0 Å². The third-order valence-electron chi connectivity index (χ3n) is 3.01. The smallest absolute Gasteiger partial charge is 0.335 e. The summed E-state index contributed by atoms with van der Waals surface area (Å²) in [4.78, 5) is 24.7. The molecule has 1 fully saturated rings. The predicted molar refractivity (Wildman–Crippen MR) is 76.1 cm³/mol. The van der Waals surface area contributed by atoms with Crippen molar-refractivity contribution >= 4 is 29.4 Å². The predicted octanol–water partition coefficient (Wildman–Crippen LogP) is 2.27. The van der Waals surface area contributed by atoms with E-state index in [-0.39, 0.29) is 11.6 Å². The van der Waals surface area contributed by atoms with E-state index in [2.05, 4.69) is 5.32 Å². The topological polar surface area (TPSA) is 69.6 Å². The molecule has 0 aliphatic carbocycles. The SMILES string of the molecule is Cc1cc(NC(=O)N2CCSCC2)ccc1C(=O)O. The van der Waals surface area contributed by atoms with E-state index >= 15 is 0 Å². The maximum absolute atomic E-state index is 12.0. The van der Waals surface area contributed by atoms with Gasteiger partial charge in [0.25, 0.3) is 0 Å². The number of hydrogen-bond donors (Lipinski definition) is 2. The lowest BCUT2D eigenvalue weighted by molar-refractivity contribution is 0.0696. The van der Waals surface area contributed by atoms with Crippen LogP contribution >= 0.6 is 11.8 Å². The number of benzene rings is 1. The molecule has 1 saturated heterocycles. The molecule has 0 saturated carbocycles. The molecule has 1 aromatic carbocycles. The number of carboxylic acid groups (broad SMARTS) is 1. The van der Waals surface area contributed by atoms with E-state index in [9.17, 15) is 9.59 Å². The van der Waals surface area contributed by atoms with Crippen LogP contribution in [0.1, 0.15) is 15.9 Å². The summed E-state index contributed by atoms with van der Waals surface area (Å²) in [6, 6.07) is 4.69. The molecular weight excluding hydrogens is 264 g/mol. The summed E-state index contributed by atoms with van der Waals surface area (Å²) in [5, 5.41) is 11.7. The first-order chi connectivity index (χ1) is 9.08. The lowest BCUT2D eigenvalue weighted by Crippen LogP contribution is -2.40. The first kappa shape index (κ1) is 13.7. The molecule has 1 aliphatic heterocycles. The second kappa shape index (κ2) is 5.97. The molecule has 2 amide bonds. The molecule has 0 atom stereocenters. The number of amides is 2. The largest absolute Gasteiger partial charge is 0.478 e. The van der Waals surface area contributed by atoms with E-state index in [4.69, 9.17) is 5.11 Å². The molecule has 6 heteroatoms. The maximum atomic E-state index is 12.0. The molecule has 1 aromatic rings. The standard InChI is InChI=1S/C13H16N2O3S/c1-9-8-10(2-3-11(9)12(16)17)14-13(18)15-4-6-19-7-5-15/h2-3,8H,4-7H2,1H3,(H,14,18)(H,16,17). The molecule has 0 spiro atoms. The highest BCUT2D eigenvalue weighted by Gasteiger charge is 2.17. The van der Waals surface area contributed by atoms with Crippen molar-refractivity contribution in [1.29, 1.82) is 0 Å². The molecule has 2 rings (SSSR count). The Morgan fingerprint density at radius 2 is 2.00 bits per heavy atom. The number of rotatable bonds is 2. The van der Waals surface area contributed by atoms with E-state index in [1.54, 1.807) is 24.0 Å². The van der Waals surface area contributed by atoms with Gasteiger partial charge in [-0.1, -0.05) is 0 Å². The monoisotopic (exact) mass is 280 g/mol. The zero-order valence-corrected chi connectivity index (χ0v) is 11.5. The first-order valence-electron chi connectivity index (χ1n) is 6.05. The molecule has 0 bridgehead atoms. The Hall–Kier alpha value is -1.69. The number of nitrogens with zero attached hydrogens (tertiary/aromatic N) is 1. The second-order valence-electron chi connectivity index (χ2n) is 4.36. The molecule has 1 aliphatic rings. The summed E-state index contributed by atoms with van der Waals surface area (Å²) < 4.78 is 0. The van der Waals surface area contributed by atoms with Crippen LogP contribution in [-0.4, -0.2) is 46.6 Å². The van der Waals surface area contributed by atoms with Crippen LogP contribution in [0.15, 0.2) is 18.2 Å². The lowest BCUT2D eigenvalue weighted by Gasteiger charge is -2.26. The number of carbonyl (C=O) groups excluding carboxylic acids is 1. The minimum absolute atomic E-state index is 0.122. The Balaban J connectivity index is 2.04. The highest BCUT2D eigenvalue weighted by molar-refractivity contribution is 7.99. The van der Waals surface area contributed by atoms with Crippen molar-refractivity contribution in [1.82, 2.24) is 4.90 Å². The van der Waals surface area contributed by atoms with Crippen LogP contribution in [0.5, 0.6) is 0 Å². The van der Waals surface area contributed by atoms with Gasteiger partial charge in [-0.05, 0) is 30.7 Å². The first-order valence-corrected chi connectivity index (χ1v) is 7.21. The Kier molecular flexibility index (Phi) is 4.31. The molecule has 102 valence electrons. The zero-order chi connectivity index (χ0) is 13.8. The van der Waals surface area contributed by atoms with E-state index in [0.29, 0.717) is 11.3 Å². The van der Waals surface area contributed by atoms with Gasteiger partial charge < -0.3 is 15.3 Å². The van der Waals surface area contributed by atoms with Crippen molar-refractivity contribution in [3.05, 3.63) is 29.3 Å². The quantitative estimate of drug-likeness (QED) is 0.872. The van der Waals surface area contributed by atoms with Gasteiger partial charge in [-0.15, -0.1) is 0 Å². The molecule has 1 heterocycles. The van der Waals surface area contributed by atoms with Gasteiger partial charge in [0.2, 0.25) is 0 Å². The van der Waals surface area contributed by atoms with Crippen LogP contribution in [-0.2, 0) is 0 Å². The van der Waals surface area contributed by atoms with Crippen molar-refractivity contribution in [2.45, 2.75) is 6.92 Å². The summed E-state index contributed by atoms with van der Waals surface area (Å²) in [7, 11) is 0. The fourth-order valence-electron chi connectivity index (χ4n) is 1.95. The van der Waals surface area contributed by atoms with Gasteiger partial charge in [0.05, 0.1) is 5.56 Å². The van der Waals surface area contributed by atoms with Crippen molar-refractivity contribution in [2.75, 3.05) is 29.9 Å². The Bertz CT molecular complexity index is 499. The average Bonchev–Trinajstić information content (AvgIpc) is 2.39.